The molecular weight excluding hydrogens is 264 g/mol. The number of hydrogen-bond acceptors (Lipinski definition) is 3. The fourth-order valence-electron chi connectivity index (χ4n) is 1.89. The van der Waals surface area contributed by atoms with Crippen LogP contribution in [-0.2, 0) is 0 Å². The van der Waals surface area contributed by atoms with E-state index in [1.807, 2.05) is 32.0 Å². The smallest absolute Gasteiger partial charge is 0.276 e. The van der Waals surface area contributed by atoms with Crippen molar-refractivity contribution in [3.63, 3.8) is 0 Å². The fourth-order valence-corrected chi connectivity index (χ4v) is 2.02. The molecule has 2 aromatic rings. The van der Waals surface area contributed by atoms with Gasteiger partial charge in [-0.05, 0) is 49.6 Å². The van der Waals surface area contributed by atoms with E-state index >= 15 is 0 Å². The van der Waals surface area contributed by atoms with Gasteiger partial charge < -0.3 is 0 Å². The standard InChI is InChI=1S/C14H13ClN2O2/c1-8-5-4-6-11(10(8)3)17-9(2)7-12(18)13(16-17)14(15)19/h4-7H,1-3H3. The van der Waals surface area contributed by atoms with E-state index < -0.39 is 10.7 Å². The molecule has 0 spiro atoms. The van der Waals surface area contributed by atoms with Crippen LogP contribution in [0.15, 0.2) is 29.1 Å². The van der Waals surface area contributed by atoms with Gasteiger partial charge in [0.05, 0.1) is 5.69 Å². The minimum atomic E-state index is -0.843. The predicted octanol–water partition coefficient (Wildman–Crippen LogP) is 2.54. The van der Waals surface area contributed by atoms with Crippen LogP contribution in [0, 0.1) is 20.8 Å². The topological polar surface area (TPSA) is 52.0 Å². The molecule has 0 aliphatic rings. The van der Waals surface area contributed by atoms with Crippen molar-refractivity contribution in [2.24, 2.45) is 0 Å². The first-order chi connectivity index (χ1) is 8.91. The lowest BCUT2D eigenvalue weighted by atomic mass is 10.1. The summed E-state index contributed by atoms with van der Waals surface area (Å²) in [4.78, 5) is 22.8. The highest BCUT2D eigenvalue weighted by Crippen LogP contribution is 2.17. The number of halogens is 1. The third kappa shape index (κ3) is 2.44. The Kier molecular flexibility index (Phi) is 3.53. The Labute approximate surface area is 115 Å². The first-order valence-electron chi connectivity index (χ1n) is 5.79. The van der Waals surface area contributed by atoms with Gasteiger partial charge in [-0.3, -0.25) is 9.59 Å². The number of benzene rings is 1. The van der Waals surface area contributed by atoms with Crippen molar-refractivity contribution in [3.05, 3.63) is 57.0 Å². The summed E-state index contributed by atoms with van der Waals surface area (Å²) in [5.41, 5.74) is 2.91. The average Bonchev–Trinajstić information content (AvgIpc) is 2.33. The Balaban J connectivity index is 2.76. The molecule has 1 heterocycles. The summed E-state index contributed by atoms with van der Waals surface area (Å²) in [7, 11) is 0. The van der Waals surface area contributed by atoms with E-state index in [1.54, 1.807) is 11.6 Å². The quantitative estimate of drug-likeness (QED) is 0.792. The second-order valence-corrected chi connectivity index (χ2v) is 4.75. The maximum Gasteiger partial charge on any atom is 0.276 e. The molecule has 0 radical (unpaired) electrons. The van der Waals surface area contributed by atoms with Crippen LogP contribution in [-0.4, -0.2) is 15.0 Å². The van der Waals surface area contributed by atoms with E-state index in [1.165, 1.54) is 6.07 Å². The molecule has 0 bridgehead atoms. The minimum Gasteiger partial charge on any atom is -0.287 e. The highest BCUT2D eigenvalue weighted by molar-refractivity contribution is 6.67. The van der Waals surface area contributed by atoms with Gasteiger partial charge in [0, 0.05) is 11.8 Å². The molecule has 0 aliphatic heterocycles. The van der Waals surface area contributed by atoms with E-state index in [0.29, 0.717) is 5.69 Å². The maximum atomic E-state index is 11.6. The molecule has 4 nitrogen and oxygen atoms in total. The molecule has 0 amide bonds. The van der Waals surface area contributed by atoms with Crippen LogP contribution in [0.3, 0.4) is 0 Å². The Morgan fingerprint density at radius 2 is 1.95 bits per heavy atom. The van der Waals surface area contributed by atoms with Gasteiger partial charge in [-0.2, -0.15) is 5.10 Å². The second-order valence-electron chi connectivity index (χ2n) is 4.40. The largest absolute Gasteiger partial charge is 0.287 e. The molecule has 2 rings (SSSR count). The maximum absolute atomic E-state index is 11.6. The van der Waals surface area contributed by atoms with Gasteiger partial charge in [-0.1, -0.05) is 12.1 Å². The number of nitrogens with zero attached hydrogens (tertiary/aromatic N) is 2. The number of aryl methyl sites for hydroxylation is 2. The van der Waals surface area contributed by atoms with Crippen LogP contribution >= 0.6 is 11.6 Å². The molecule has 98 valence electrons. The SMILES string of the molecule is Cc1cccc(-n2nc(C(=O)Cl)c(=O)cc2C)c1C. The van der Waals surface area contributed by atoms with Crippen LogP contribution < -0.4 is 5.43 Å². The molecule has 19 heavy (non-hydrogen) atoms. The lowest BCUT2D eigenvalue weighted by Gasteiger charge is -2.14. The monoisotopic (exact) mass is 276 g/mol. The van der Waals surface area contributed by atoms with Gasteiger partial charge in [0.25, 0.3) is 5.24 Å². The summed E-state index contributed by atoms with van der Waals surface area (Å²) < 4.78 is 1.57. The molecule has 0 saturated heterocycles. The lowest BCUT2D eigenvalue weighted by molar-refractivity contribution is 0.107. The summed E-state index contributed by atoms with van der Waals surface area (Å²) in [5, 5.41) is 3.22. The summed E-state index contributed by atoms with van der Waals surface area (Å²) in [6.07, 6.45) is 0. The van der Waals surface area contributed by atoms with Crippen molar-refractivity contribution < 1.29 is 4.79 Å². The van der Waals surface area contributed by atoms with Crippen molar-refractivity contribution in [1.29, 1.82) is 0 Å². The van der Waals surface area contributed by atoms with E-state index in [4.69, 9.17) is 11.6 Å². The van der Waals surface area contributed by atoms with Crippen molar-refractivity contribution in [3.8, 4) is 5.69 Å². The van der Waals surface area contributed by atoms with Crippen LogP contribution in [0.1, 0.15) is 27.3 Å². The summed E-state index contributed by atoms with van der Waals surface area (Å²) in [5.74, 6) is 0. The van der Waals surface area contributed by atoms with E-state index in [2.05, 4.69) is 5.10 Å². The molecule has 1 aromatic carbocycles. The normalized spacial score (nSPS) is 10.5. The molecule has 1 aromatic heterocycles. The van der Waals surface area contributed by atoms with Gasteiger partial charge in [0.2, 0.25) is 5.43 Å². The first-order valence-corrected chi connectivity index (χ1v) is 6.17. The van der Waals surface area contributed by atoms with E-state index in [9.17, 15) is 9.59 Å². The van der Waals surface area contributed by atoms with Gasteiger partial charge in [-0.15, -0.1) is 0 Å². The zero-order chi connectivity index (χ0) is 14.2. The molecule has 0 unspecified atom stereocenters. The highest BCUT2D eigenvalue weighted by Gasteiger charge is 2.14. The third-order valence-electron chi connectivity index (χ3n) is 3.10. The van der Waals surface area contributed by atoms with Crippen LogP contribution in [0.4, 0.5) is 0 Å². The molecular formula is C14H13ClN2O2. The minimum absolute atomic E-state index is 0.256. The number of carbonyl (C=O) groups excluding carboxylic acids is 1. The van der Waals surface area contributed by atoms with Crippen molar-refractivity contribution in [2.45, 2.75) is 20.8 Å². The molecule has 0 aliphatic carbocycles. The van der Waals surface area contributed by atoms with Crippen LogP contribution in [0.25, 0.3) is 5.69 Å². The Morgan fingerprint density at radius 1 is 1.26 bits per heavy atom. The number of carbonyl (C=O) groups is 1. The Bertz CT molecular complexity index is 720. The molecule has 0 atom stereocenters. The summed E-state index contributed by atoms with van der Waals surface area (Å²) in [6.45, 7) is 5.72. The summed E-state index contributed by atoms with van der Waals surface area (Å²) in [6, 6.07) is 7.14. The van der Waals surface area contributed by atoms with Crippen molar-refractivity contribution in [2.75, 3.05) is 0 Å². The Morgan fingerprint density at radius 3 is 2.58 bits per heavy atom. The van der Waals surface area contributed by atoms with Gasteiger partial charge in [0.1, 0.15) is 0 Å². The molecule has 0 fully saturated rings. The number of hydrogen-bond donors (Lipinski definition) is 0. The van der Waals surface area contributed by atoms with Crippen molar-refractivity contribution >= 4 is 16.8 Å². The van der Waals surface area contributed by atoms with Crippen LogP contribution in [0.2, 0.25) is 0 Å². The number of rotatable bonds is 2. The molecule has 5 heteroatoms. The van der Waals surface area contributed by atoms with E-state index in [0.717, 1.165) is 16.8 Å². The Hall–Kier alpha value is -1.94. The highest BCUT2D eigenvalue weighted by atomic mass is 35.5. The zero-order valence-corrected chi connectivity index (χ0v) is 11.7. The van der Waals surface area contributed by atoms with Gasteiger partial charge in [-0.25, -0.2) is 4.68 Å². The predicted molar refractivity (Wildman–Crippen MR) is 74.2 cm³/mol. The van der Waals surface area contributed by atoms with Gasteiger partial charge in [0.15, 0.2) is 5.69 Å². The third-order valence-corrected chi connectivity index (χ3v) is 3.28. The van der Waals surface area contributed by atoms with Crippen LogP contribution in [0.5, 0.6) is 0 Å². The zero-order valence-electron chi connectivity index (χ0n) is 10.9. The lowest BCUT2D eigenvalue weighted by Crippen LogP contribution is -2.21. The second kappa shape index (κ2) is 4.97. The van der Waals surface area contributed by atoms with Crippen molar-refractivity contribution in [1.82, 2.24) is 9.78 Å². The number of aromatic nitrogens is 2. The molecule has 0 N–H and O–H groups in total. The average molecular weight is 277 g/mol. The fraction of sp³-hybridized carbons (Fsp3) is 0.214. The van der Waals surface area contributed by atoms with E-state index in [-0.39, 0.29) is 5.69 Å². The summed E-state index contributed by atoms with van der Waals surface area (Å²) >= 11 is 5.38. The molecule has 0 saturated carbocycles. The van der Waals surface area contributed by atoms with Gasteiger partial charge >= 0.3 is 0 Å². The first kappa shape index (κ1) is 13.5.